The van der Waals surface area contributed by atoms with Crippen LogP contribution in [-0.4, -0.2) is 76.1 Å². The Balaban J connectivity index is 0.987. The van der Waals surface area contributed by atoms with Crippen molar-refractivity contribution in [3.05, 3.63) is 147 Å². The summed E-state index contributed by atoms with van der Waals surface area (Å²) >= 11 is 0. The maximum Gasteiger partial charge on any atom is 0.0613 e. The maximum atomic E-state index is 6.05. The number of aromatic nitrogens is 3. The van der Waals surface area contributed by atoms with E-state index in [9.17, 15) is 0 Å². The topological polar surface area (TPSA) is 121 Å². The lowest BCUT2D eigenvalue weighted by molar-refractivity contribution is 0.167. The molecule has 0 saturated carbocycles. The molecule has 9 heteroatoms. The highest BCUT2D eigenvalue weighted by Crippen LogP contribution is 2.43. The summed E-state index contributed by atoms with van der Waals surface area (Å²) < 4.78 is 0. The fourth-order valence-corrected chi connectivity index (χ4v) is 9.57. The zero-order chi connectivity index (χ0) is 37.6. The molecular formula is C46H59N9. The van der Waals surface area contributed by atoms with Crippen LogP contribution in [-0.2, 0) is 32.4 Å². The third-order valence-corrected chi connectivity index (χ3v) is 12.6. The predicted octanol–water partition coefficient (Wildman–Crippen LogP) is 5.67. The highest BCUT2D eigenvalue weighted by atomic mass is 15.2. The van der Waals surface area contributed by atoms with E-state index in [2.05, 4.69) is 106 Å². The highest BCUT2D eigenvalue weighted by Gasteiger charge is 2.35. The molecule has 0 fully saturated rings. The number of nitrogens with one attached hydrogen (secondary N) is 2. The number of nitrogens with zero attached hydrogens (tertiary/aromatic N) is 5. The van der Waals surface area contributed by atoms with E-state index >= 15 is 0 Å². The molecular weight excluding hydrogens is 679 g/mol. The molecule has 0 spiro atoms. The van der Waals surface area contributed by atoms with Crippen molar-refractivity contribution in [1.29, 1.82) is 0 Å². The second-order valence-corrected chi connectivity index (χ2v) is 16.2. The van der Waals surface area contributed by atoms with Crippen LogP contribution in [0.2, 0.25) is 0 Å². The Morgan fingerprint density at radius 1 is 0.764 bits per heavy atom. The summed E-state index contributed by atoms with van der Waals surface area (Å²) in [4.78, 5) is 20.4. The van der Waals surface area contributed by atoms with Crippen molar-refractivity contribution in [3.63, 3.8) is 0 Å². The van der Waals surface area contributed by atoms with Crippen LogP contribution < -0.4 is 22.1 Å². The molecule has 1 unspecified atom stereocenters. The van der Waals surface area contributed by atoms with Crippen molar-refractivity contribution in [3.8, 4) is 0 Å². The van der Waals surface area contributed by atoms with Crippen LogP contribution in [0, 0.1) is 0 Å². The molecule has 2 aliphatic carbocycles. The first kappa shape index (κ1) is 37.8. The van der Waals surface area contributed by atoms with Gasteiger partial charge in [0.2, 0.25) is 0 Å². The SMILES string of the molecule is C/C(=C/CN(C[C@H]1Cc2ccccc2CN1)[C@H]1CCC(c2cnc3c(c2)CN[C@@H](CN(C/C=C\CN)[C@H]2CCCc4cccnc42)C3)c2cccnc21)CN. The summed E-state index contributed by atoms with van der Waals surface area (Å²) in [6.07, 6.45) is 20.3. The van der Waals surface area contributed by atoms with Gasteiger partial charge in [-0.05, 0) is 91.0 Å². The predicted molar refractivity (Wildman–Crippen MR) is 221 cm³/mol. The van der Waals surface area contributed by atoms with Crippen LogP contribution in [0.1, 0.15) is 101 Å². The molecule has 288 valence electrons. The Bertz CT molecular complexity index is 1970. The number of rotatable bonds is 13. The van der Waals surface area contributed by atoms with E-state index in [-0.39, 0.29) is 12.0 Å². The van der Waals surface area contributed by atoms with Crippen molar-refractivity contribution < 1.29 is 0 Å². The lowest BCUT2D eigenvalue weighted by atomic mass is 9.78. The molecule has 4 aromatic rings. The number of fused-ring (bicyclic) bond motifs is 4. The standard InChI is InChI=1S/C46H59N9/c1-32(26-48)17-22-55(30-38-24-34-9-2-3-10-35(34)27-51-38)44-16-15-40(41-13-8-20-50-46(41)44)36-23-37-29-52-39(25-42(37)53-28-36)31-54(21-5-4-18-47)43-14-6-11-33-12-7-19-49-45(33)43/h2-5,7-10,12-13,17,19-20,23,28,38-40,43-44,51-52H,6,11,14-16,18,21-22,24-27,29-31,47-48H2,1H3/b5-4-,32-17-/t38-,39-,40?,43+,44+/m1/s1. The minimum atomic E-state index is 0.246. The Kier molecular flexibility index (Phi) is 12.2. The third kappa shape index (κ3) is 8.68. The zero-order valence-electron chi connectivity index (χ0n) is 32.5. The Morgan fingerprint density at radius 2 is 1.49 bits per heavy atom. The minimum absolute atomic E-state index is 0.246. The van der Waals surface area contributed by atoms with Gasteiger partial charge in [0, 0.05) is 101 Å². The van der Waals surface area contributed by atoms with Crippen LogP contribution >= 0.6 is 0 Å². The van der Waals surface area contributed by atoms with Crippen LogP contribution in [0.5, 0.6) is 0 Å². The second-order valence-electron chi connectivity index (χ2n) is 16.2. The van der Waals surface area contributed by atoms with E-state index in [0.29, 0.717) is 31.2 Å². The van der Waals surface area contributed by atoms with Gasteiger partial charge in [0.05, 0.1) is 23.5 Å². The molecule has 0 amide bonds. The summed E-state index contributed by atoms with van der Waals surface area (Å²) in [5.41, 5.74) is 25.1. The van der Waals surface area contributed by atoms with Crippen molar-refractivity contribution in [2.45, 2.75) is 95.0 Å². The van der Waals surface area contributed by atoms with E-state index in [1.807, 2.05) is 12.4 Å². The van der Waals surface area contributed by atoms with Gasteiger partial charge in [-0.3, -0.25) is 24.8 Å². The van der Waals surface area contributed by atoms with Gasteiger partial charge in [0.15, 0.2) is 0 Å². The molecule has 0 saturated heterocycles. The summed E-state index contributed by atoms with van der Waals surface area (Å²) in [7, 11) is 0. The Labute approximate surface area is 327 Å². The monoisotopic (exact) mass is 737 g/mol. The van der Waals surface area contributed by atoms with Gasteiger partial charge in [-0.1, -0.05) is 66.3 Å². The molecule has 55 heavy (non-hydrogen) atoms. The summed E-state index contributed by atoms with van der Waals surface area (Å²) in [6, 6.07) is 21.3. The molecule has 5 heterocycles. The number of benzene rings is 1. The molecule has 0 bridgehead atoms. The number of hydrogen-bond acceptors (Lipinski definition) is 9. The molecule has 6 N–H and O–H groups in total. The van der Waals surface area contributed by atoms with E-state index in [0.717, 1.165) is 77.8 Å². The van der Waals surface area contributed by atoms with Crippen molar-refractivity contribution in [2.24, 2.45) is 11.5 Å². The summed E-state index contributed by atoms with van der Waals surface area (Å²) in [5, 5.41) is 7.76. The first-order valence-electron chi connectivity index (χ1n) is 20.7. The average Bonchev–Trinajstić information content (AvgIpc) is 3.24. The molecule has 1 aromatic carbocycles. The van der Waals surface area contributed by atoms with Gasteiger partial charge in [0.25, 0.3) is 0 Å². The third-order valence-electron chi connectivity index (χ3n) is 12.6. The first-order valence-corrected chi connectivity index (χ1v) is 20.7. The molecule has 2 aliphatic heterocycles. The molecule has 5 atom stereocenters. The molecule has 8 rings (SSSR count). The van der Waals surface area contributed by atoms with E-state index < -0.39 is 0 Å². The van der Waals surface area contributed by atoms with Crippen molar-refractivity contribution in [2.75, 3.05) is 39.3 Å². The van der Waals surface area contributed by atoms with Crippen molar-refractivity contribution >= 4 is 0 Å². The summed E-state index contributed by atoms with van der Waals surface area (Å²) in [5.74, 6) is 0.280. The summed E-state index contributed by atoms with van der Waals surface area (Å²) in [6.45, 7) is 8.69. The van der Waals surface area contributed by atoms with E-state index in [1.165, 1.54) is 62.5 Å². The van der Waals surface area contributed by atoms with Gasteiger partial charge in [-0.25, -0.2) is 0 Å². The molecule has 9 nitrogen and oxygen atoms in total. The Hall–Kier alpha value is -4.09. The van der Waals surface area contributed by atoms with E-state index in [1.54, 1.807) is 0 Å². The number of pyridine rings is 3. The number of aryl methyl sites for hydroxylation is 1. The average molecular weight is 738 g/mol. The van der Waals surface area contributed by atoms with Gasteiger partial charge < -0.3 is 22.1 Å². The smallest absolute Gasteiger partial charge is 0.0613 e. The largest absolute Gasteiger partial charge is 0.327 e. The number of hydrogen-bond donors (Lipinski definition) is 4. The van der Waals surface area contributed by atoms with Gasteiger partial charge in [-0.15, -0.1) is 0 Å². The fraction of sp³-hybridized carbons (Fsp3) is 0.457. The molecule has 3 aromatic heterocycles. The number of nitrogens with two attached hydrogens (primary N) is 2. The normalized spacial score (nSPS) is 23.7. The molecule has 0 radical (unpaired) electrons. The van der Waals surface area contributed by atoms with Crippen LogP contribution in [0.25, 0.3) is 0 Å². The van der Waals surface area contributed by atoms with Crippen LogP contribution in [0.4, 0.5) is 0 Å². The first-order chi connectivity index (χ1) is 27.1. The lowest BCUT2D eigenvalue weighted by Gasteiger charge is -2.40. The van der Waals surface area contributed by atoms with Gasteiger partial charge in [0.1, 0.15) is 0 Å². The molecule has 4 aliphatic rings. The fourth-order valence-electron chi connectivity index (χ4n) is 9.57. The lowest BCUT2D eigenvalue weighted by Crippen LogP contribution is -2.47. The van der Waals surface area contributed by atoms with Crippen LogP contribution in [0.3, 0.4) is 0 Å². The highest BCUT2D eigenvalue weighted by molar-refractivity contribution is 5.41. The van der Waals surface area contributed by atoms with Gasteiger partial charge in [-0.2, -0.15) is 0 Å². The minimum Gasteiger partial charge on any atom is -0.327 e. The van der Waals surface area contributed by atoms with Crippen LogP contribution in [0.15, 0.2) is 97.0 Å². The quantitative estimate of drug-likeness (QED) is 0.129. The maximum absolute atomic E-state index is 6.05. The van der Waals surface area contributed by atoms with Gasteiger partial charge >= 0.3 is 0 Å². The Morgan fingerprint density at radius 3 is 2.33 bits per heavy atom. The van der Waals surface area contributed by atoms with E-state index in [4.69, 9.17) is 26.4 Å². The zero-order valence-corrected chi connectivity index (χ0v) is 32.5. The second kappa shape index (κ2) is 17.8. The van der Waals surface area contributed by atoms with Crippen molar-refractivity contribution in [1.82, 2.24) is 35.4 Å².